The van der Waals surface area contributed by atoms with Crippen LogP contribution in [-0.2, 0) is 4.79 Å². The Labute approximate surface area is 137 Å². The molecule has 0 radical (unpaired) electrons. The van der Waals surface area contributed by atoms with Crippen LogP contribution < -0.4 is 9.47 Å². The van der Waals surface area contributed by atoms with Gasteiger partial charge < -0.3 is 9.47 Å². The fourth-order valence-electron chi connectivity index (χ4n) is 1.62. The van der Waals surface area contributed by atoms with Crippen molar-refractivity contribution in [2.24, 2.45) is 5.92 Å². The fraction of sp³-hybridized carbons (Fsp3) is 0.176. The number of esters is 2. The molecule has 2 aromatic carbocycles. The molecule has 0 fully saturated rings. The Hall–Kier alpha value is -2.14. The molecule has 4 nitrogen and oxygen atoms in total. The highest BCUT2D eigenvalue weighted by Gasteiger charge is 2.14. The van der Waals surface area contributed by atoms with Gasteiger partial charge in [-0.05, 0) is 40.2 Å². The maximum atomic E-state index is 12.1. The van der Waals surface area contributed by atoms with Crippen LogP contribution in [0.15, 0.2) is 53.0 Å². The van der Waals surface area contributed by atoms with Crippen molar-refractivity contribution in [2.75, 3.05) is 0 Å². The molecule has 22 heavy (non-hydrogen) atoms. The molecule has 2 rings (SSSR count). The van der Waals surface area contributed by atoms with Crippen LogP contribution in [0.25, 0.3) is 0 Å². The summed E-state index contributed by atoms with van der Waals surface area (Å²) in [5, 5.41) is 0. The van der Waals surface area contributed by atoms with Crippen LogP contribution >= 0.6 is 15.9 Å². The molecule has 0 amide bonds. The zero-order chi connectivity index (χ0) is 16.1. The van der Waals surface area contributed by atoms with Crippen molar-refractivity contribution in [1.29, 1.82) is 0 Å². The number of ether oxygens (including phenoxy) is 2. The summed E-state index contributed by atoms with van der Waals surface area (Å²) in [7, 11) is 0. The lowest BCUT2D eigenvalue weighted by Crippen LogP contribution is -2.15. The summed E-state index contributed by atoms with van der Waals surface area (Å²) in [6.45, 7) is 3.50. The molecule has 0 heterocycles. The lowest BCUT2D eigenvalue weighted by molar-refractivity contribution is -0.137. The highest BCUT2D eigenvalue weighted by atomic mass is 79.9. The number of carbonyl (C=O) groups excluding carboxylic acids is 2. The largest absolute Gasteiger partial charge is 0.426 e. The molecule has 0 saturated heterocycles. The van der Waals surface area contributed by atoms with Gasteiger partial charge in [-0.25, -0.2) is 4.79 Å². The van der Waals surface area contributed by atoms with Gasteiger partial charge in [-0.2, -0.15) is 0 Å². The Morgan fingerprint density at radius 2 is 1.59 bits per heavy atom. The average molecular weight is 363 g/mol. The van der Waals surface area contributed by atoms with Crippen molar-refractivity contribution >= 4 is 27.9 Å². The van der Waals surface area contributed by atoms with Crippen molar-refractivity contribution < 1.29 is 19.1 Å². The van der Waals surface area contributed by atoms with E-state index in [-0.39, 0.29) is 11.9 Å². The van der Waals surface area contributed by atoms with Crippen molar-refractivity contribution in [2.45, 2.75) is 13.8 Å². The topological polar surface area (TPSA) is 52.6 Å². The summed E-state index contributed by atoms with van der Waals surface area (Å²) < 4.78 is 11.1. The summed E-state index contributed by atoms with van der Waals surface area (Å²) in [4.78, 5) is 23.7. The van der Waals surface area contributed by atoms with Gasteiger partial charge in [0.2, 0.25) is 0 Å². The maximum absolute atomic E-state index is 12.1. The quantitative estimate of drug-likeness (QED) is 0.603. The van der Waals surface area contributed by atoms with Gasteiger partial charge in [-0.3, -0.25) is 4.79 Å². The lowest BCUT2D eigenvalue weighted by atomic mass is 10.2. The number of rotatable bonds is 4. The number of hydrogen-bond acceptors (Lipinski definition) is 4. The predicted molar refractivity (Wildman–Crippen MR) is 86.0 cm³/mol. The first-order valence-corrected chi connectivity index (χ1v) is 7.55. The Bertz CT molecular complexity index is 695. The third kappa shape index (κ3) is 4.18. The molecule has 0 bridgehead atoms. The smallest absolute Gasteiger partial charge is 0.344 e. The Balaban J connectivity index is 2.12. The normalized spacial score (nSPS) is 10.4. The zero-order valence-corrected chi connectivity index (χ0v) is 13.8. The molecule has 0 N–H and O–H groups in total. The molecule has 0 unspecified atom stereocenters. The zero-order valence-electron chi connectivity index (χ0n) is 12.2. The van der Waals surface area contributed by atoms with E-state index in [0.29, 0.717) is 21.5 Å². The molecular formula is C17H15BrO4. The van der Waals surface area contributed by atoms with E-state index in [1.807, 2.05) is 6.07 Å². The van der Waals surface area contributed by atoms with Crippen molar-refractivity contribution in [3.8, 4) is 11.5 Å². The molecule has 0 aliphatic rings. The average Bonchev–Trinajstić information content (AvgIpc) is 2.47. The van der Waals surface area contributed by atoms with E-state index in [4.69, 9.17) is 9.47 Å². The van der Waals surface area contributed by atoms with Crippen LogP contribution in [0.2, 0.25) is 0 Å². The Morgan fingerprint density at radius 1 is 0.955 bits per heavy atom. The molecule has 5 heteroatoms. The minimum absolute atomic E-state index is 0.230. The highest BCUT2D eigenvalue weighted by Crippen LogP contribution is 2.23. The van der Waals surface area contributed by atoms with Gasteiger partial charge in [0, 0.05) is 10.5 Å². The minimum Gasteiger partial charge on any atom is -0.426 e. The van der Waals surface area contributed by atoms with Crippen LogP contribution in [0.5, 0.6) is 11.5 Å². The summed E-state index contributed by atoms with van der Waals surface area (Å²) >= 11 is 3.30. The molecule has 2 aromatic rings. The van der Waals surface area contributed by atoms with Gasteiger partial charge in [-0.15, -0.1) is 0 Å². The third-order valence-electron chi connectivity index (χ3n) is 2.80. The predicted octanol–water partition coefficient (Wildman–Crippen LogP) is 4.23. The van der Waals surface area contributed by atoms with Gasteiger partial charge in [0.1, 0.15) is 11.5 Å². The molecule has 0 aromatic heterocycles. The van der Waals surface area contributed by atoms with E-state index in [0.717, 1.165) is 0 Å². The SMILES string of the molecule is CC(C)C(=O)Oc1cccc(OC(=O)c2ccccc2Br)c1. The molecule has 0 saturated carbocycles. The first-order valence-electron chi connectivity index (χ1n) is 6.76. The van der Waals surface area contributed by atoms with Crippen molar-refractivity contribution in [3.05, 3.63) is 58.6 Å². The van der Waals surface area contributed by atoms with E-state index in [2.05, 4.69) is 15.9 Å². The molecule has 0 aliphatic carbocycles. The Kier molecular flexibility index (Phi) is 5.33. The summed E-state index contributed by atoms with van der Waals surface area (Å²) in [6, 6.07) is 13.4. The second-order valence-corrected chi connectivity index (χ2v) is 5.77. The van der Waals surface area contributed by atoms with Gasteiger partial charge in [0.05, 0.1) is 11.5 Å². The number of benzene rings is 2. The van der Waals surface area contributed by atoms with Gasteiger partial charge in [0.25, 0.3) is 0 Å². The standard InChI is InChI=1S/C17H15BrO4/c1-11(2)16(19)21-12-6-5-7-13(10-12)22-17(20)14-8-3-4-9-15(14)18/h3-11H,1-2H3. The Morgan fingerprint density at radius 3 is 2.23 bits per heavy atom. The summed E-state index contributed by atoms with van der Waals surface area (Å²) in [5.41, 5.74) is 0.423. The molecule has 114 valence electrons. The second-order valence-electron chi connectivity index (χ2n) is 4.92. The van der Waals surface area contributed by atoms with Crippen LogP contribution in [0.4, 0.5) is 0 Å². The van der Waals surface area contributed by atoms with Gasteiger partial charge in [-0.1, -0.05) is 32.0 Å². The van der Waals surface area contributed by atoms with E-state index < -0.39 is 5.97 Å². The highest BCUT2D eigenvalue weighted by molar-refractivity contribution is 9.10. The first-order chi connectivity index (χ1) is 10.5. The van der Waals surface area contributed by atoms with E-state index in [1.54, 1.807) is 50.2 Å². The van der Waals surface area contributed by atoms with E-state index in [9.17, 15) is 9.59 Å². The van der Waals surface area contributed by atoms with Crippen LogP contribution in [0.3, 0.4) is 0 Å². The number of hydrogen-bond donors (Lipinski definition) is 0. The second kappa shape index (κ2) is 7.22. The fourth-order valence-corrected chi connectivity index (χ4v) is 2.07. The van der Waals surface area contributed by atoms with Crippen LogP contribution in [0.1, 0.15) is 24.2 Å². The number of halogens is 1. The van der Waals surface area contributed by atoms with Crippen molar-refractivity contribution in [1.82, 2.24) is 0 Å². The van der Waals surface area contributed by atoms with Gasteiger partial charge in [0.15, 0.2) is 0 Å². The van der Waals surface area contributed by atoms with Crippen LogP contribution in [0, 0.1) is 5.92 Å². The molecular weight excluding hydrogens is 348 g/mol. The van der Waals surface area contributed by atoms with E-state index >= 15 is 0 Å². The molecule has 0 atom stereocenters. The monoisotopic (exact) mass is 362 g/mol. The van der Waals surface area contributed by atoms with Crippen LogP contribution in [-0.4, -0.2) is 11.9 Å². The summed E-state index contributed by atoms with van der Waals surface area (Å²) in [5.74, 6) is -0.397. The number of carbonyl (C=O) groups is 2. The minimum atomic E-state index is -0.486. The van der Waals surface area contributed by atoms with E-state index in [1.165, 1.54) is 6.07 Å². The van der Waals surface area contributed by atoms with Gasteiger partial charge >= 0.3 is 11.9 Å². The maximum Gasteiger partial charge on any atom is 0.344 e. The molecule has 0 aliphatic heterocycles. The van der Waals surface area contributed by atoms with Crippen molar-refractivity contribution in [3.63, 3.8) is 0 Å². The summed E-state index contributed by atoms with van der Waals surface area (Å²) in [6.07, 6.45) is 0. The third-order valence-corrected chi connectivity index (χ3v) is 3.49. The molecule has 0 spiro atoms. The lowest BCUT2D eigenvalue weighted by Gasteiger charge is -2.09. The first kappa shape index (κ1) is 16.2.